The highest BCUT2D eigenvalue weighted by atomic mass is 19.3. The molecule has 10 nitrogen and oxygen atoms in total. The van der Waals surface area contributed by atoms with Crippen LogP contribution in [0.5, 0.6) is 11.5 Å². The molecule has 3 amide bonds. The molecule has 1 aromatic carbocycles. The fourth-order valence-corrected chi connectivity index (χ4v) is 4.00. The first-order valence-electron chi connectivity index (χ1n) is 11.6. The third kappa shape index (κ3) is 5.66. The van der Waals surface area contributed by atoms with Crippen LogP contribution in [0.15, 0.2) is 40.9 Å². The number of rotatable bonds is 6. The molecule has 1 saturated heterocycles. The number of fused-ring (bicyclic) bond motifs is 3. The molecule has 1 N–H and O–H groups in total. The Morgan fingerprint density at radius 2 is 2.11 bits per heavy atom. The van der Waals surface area contributed by atoms with Crippen LogP contribution in [-0.2, 0) is 16.1 Å². The second-order valence-corrected chi connectivity index (χ2v) is 8.75. The number of amides is 3. The van der Waals surface area contributed by atoms with Crippen LogP contribution >= 0.6 is 0 Å². The smallest absolute Gasteiger partial charge is 0.294 e. The van der Waals surface area contributed by atoms with Gasteiger partial charge in [0, 0.05) is 7.62 Å². The maximum absolute atomic E-state index is 13.5. The zero-order valence-electron chi connectivity index (χ0n) is 20.6. The zero-order valence-corrected chi connectivity index (χ0v) is 20.6. The van der Waals surface area contributed by atoms with Crippen LogP contribution in [0.4, 0.5) is 13.2 Å². The third-order valence-electron chi connectivity index (χ3n) is 5.98. The van der Waals surface area contributed by atoms with Crippen molar-refractivity contribution in [2.75, 3.05) is 33.4 Å². The molecule has 0 unspecified atom stereocenters. The lowest BCUT2D eigenvalue weighted by atomic mass is 10.1. The van der Waals surface area contributed by atoms with Crippen molar-refractivity contribution in [3.63, 3.8) is 0 Å². The van der Waals surface area contributed by atoms with Gasteiger partial charge in [-0.3, -0.25) is 19.4 Å². The van der Waals surface area contributed by atoms with E-state index in [1.807, 2.05) is 0 Å². The third-order valence-corrected chi connectivity index (χ3v) is 5.98. The molecule has 0 aliphatic carbocycles. The number of hydrogen-bond acceptors (Lipinski definition) is 7. The number of furan rings is 1. The van der Waals surface area contributed by atoms with Gasteiger partial charge in [-0.2, -0.15) is 0 Å². The Balaban J connectivity index is 0.000000274. The molecular formula is C25H27F3N4O6. The number of halogens is 3. The van der Waals surface area contributed by atoms with E-state index >= 15 is 0 Å². The van der Waals surface area contributed by atoms with Crippen LogP contribution in [0.2, 0.25) is 0 Å². The number of carbonyl (C=O) groups is 3. The topological polar surface area (TPSA) is 114 Å². The normalized spacial score (nSPS) is 17.8. The summed E-state index contributed by atoms with van der Waals surface area (Å²) >= 11 is 0. The van der Waals surface area contributed by atoms with Gasteiger partial charge >= 0.3 is 0 Å². The zero-order chi connectivity index (χ0) is 27.4. The Labute approximate surface area is 216 Å². The largest absolute Gasteiger partial charge is 0.495 e. The molecule has 13 heteroatoms. The van der Waals surface area contributed by atoms with Crippen molar-refractivity contribution in [1.29, 1.82) is 0 Å². The lowest BCUT2D eigenvalue weighted by Crippen LogP contribution is -2.61. The molecule has 1 fully saturated rings. The second-order valence-electron chi connectivity index (χ2n) is 8.75. The van der Waals surface area contributed by atoms with Gasteiger partial charge in [-0.1, -0.05) is 0 Å². The van der Waals surface area contributed by atoms with Gasteiger partial charge in [0.2, 0.25) is 18.1 Å². The minimum atomic E-state index is -2.87. The van der Waals surface area contributed by atoms with Gasteiger partial charge in [-0.25, -0.2) is 13.2 Å². The lowest BCUT2D eigenvalue weighted by molar-refractivity contribution is -0.166. The summed E-state index contributed by atoms with van der Waals surface area (Å²) in [7, 11) is 1.57. The number of ether oxygens (including phenoxy) is 2. The van der Waals surface area contributed by atoms with Crippen molar-refractivity contribution in [2.24, 2.45) is 0 Å². The highest BCUT2D eigenvalue weighted by Gasteiger charge is 2.47. The summed E-state index contributed by atoms with van der Waals surface area (Å²) in [4.78, 5) is 41.3. The van der Waals surface area contributed by atoms with Crippen LogP contribution in [-0.4, -0.2) is 78.3 Å². The molecule has 0 saturated carbocycles. The highest BCUT2D eigenvalue weighted by Crippen LogP contribution is 2.37. The molecule has 1 atom stereocenters. The molecule has 38 heavy (non-hydrogen) atoms. The van der Waals surface area contributed by atoms with Gasteiger partial charge < -0.3 is 29.0 Å². The first-order valence-corrected chi connectivity index (χ1v) is 11.6. The SMILES string of the molecule is COc1cccnc1CNC=O.C[C@@H]1COc2c(oc3ccc(F)cc23)C(=O)N1CC(=O)N1CC(F)(F)C1.[HH]. The standard InChI is InChI=1S/C17H15F3N2O4.C8H10N2O2.H2/c1-9-6-25-14-11-4-10(18)2-3-12(11)26-15(14)16(24)22(9)5-13(23)21-7-17(19,20)8-21;1-12-8-3-2-4-10-7(8)5-9-6-11;/h2-4,9H,5-8H2,1H3;2-4,6H,5H2,1H3,(H,9,11);1H/t9-;;/m1../s1. The Bertz CT molecular complexity index is 1350. The van der Waals surface area contributed by atoms with Gasteiger partial charge in [-0.15, -0.1) is 0 Å². The number of carbonyl (C=O) groups excluding carboxylic acids is 3. The summed E-state index contributed by atoms with van der Waals surface area (Å²) in [5, 5.41) is 2.85. The van der Waals surface area contributed by atoms with Crippen LogP contribution in [0.25, 0.3) is 11.0 Å². The second kappa shape index (κ2) is 11.0. The van der Waals surface area contributed by atoms with E-state index in [0.29, 0.717) is 24.1 Å². The number of pyridine rings is 1. The van der Waals surface area contributed by atoms with Gasteiger partial charge in [0.15, 0.2) is 5.75 Å². The number of nitrogens with one attached hydrogen (secondary N) is 1. The van der Waals surface area contributed by atoms with E-state index in [-0.39, 0.29) is 31.7 Å². The predicted octanol–water partition coefficient (Wildman–Crippen LogP) is 2.85. The van der Waals surface area contributed by atoms with E-state index < -0.39 is 42.7 Å². The number of alkyl halides is 2. The van der Waals surface area contributed by atoms with E-state index in [0.717, 1.165) is 10.6 Å². The van der Waals surface area contributed by atoms with E-state index in [4.69, 9.17) is 13.9 Å². The van der Waals surface area contributed by atoms with Crippen LogP contribution in [0.1, 0.15) is 24.6 Å². The molecule has 5 rings (SSSR count). The minimum Gasteiger partial charge on any atom is -0.495 e. The fraction of sp³-hybridized carbons (Fsp3) is 0.360. The summed E-state index contributed by atoms with van der Waals surface area (Å²) in [5.41, 5.74) is 1.01. The summed E-state index contributed by atoms with van der Waals surface area (Å²) in [5.74, 6) is -3.85. The summed E-state index contributed by atoms with van der Waals surface area (Å²) < 4.78 is 55.6. The molecule has 0 spiro atoms. The number of nitrogens with zero attached hydrogens (tertiary/aromatic N) is 3. The van der Waals surface area contributed by atoms with Gasteiger partial charge in [-0.05, 0) is 37.3 Å². The number of aromatic nitrogens is 1. The molecule has 4 heterocycles. The predicted molar refractivity (Wildman–Crippen MR) is 129 cm³/mol. The molecule has 2 aliphatic rings. The van der Waals surface area contributed by atoms with Gasteiger partial charge in [0.25, 0.3) is 11.8 Å². The molecule has 3 aromatic rings. The van der Waals surface area contributed by atoms with Crippen molar-refractivity contribution in [3.8, 4) is 11.5 Å². The average Bonchev–Trinajstić information content (AvgIpc) is 3.20. The molecule has 2 aromatic heterocycles. The molecule has 204 valence electrons. The highest BCUT2D eigenvalue weighted by molar-refractivity contribution is 6.03. The first kappa shape index (κ1) is 26.8. The number of benzene rings is 1. The van der Waals surface area contributed by atoms with E-state index in [1.54, 1.807) is 32.4 Å². The summed E-state index contributed by atoms with van der Waals surface area (Å²) in [6.45, 7) is 0.484. The molecule has 0 radical (unpaired) electrons. The first-order chi connectivity index (χ1) is 18.1. The van der Waals surface area contributed by atoms with E-state index in [1.165, 1.54) is 23.1 Å². The summed E-state index contributed by atoms with van der Waals surface area (Å²) in [6, 6.07) is 6.89. The van der Waals surface area contributed by atoms with Crippen molar-refractivity contribution >= 4 is 29.2 Å². The number of likely N-dealkylation sites (tertiary alicyclic amines) is 1. The van der Waals surface area contributed by atoms with Crippen LogP contribution in [0.3, 0.4) is 0 Å². The van der Waals surface area contributed by atoms with E-state index in [2.05, 4.69) is 10.3 Å². The van der Waals surface area contributed by atoms with Gasteiger partial charge in [0.1, 0.15) is 36.0 Å². The number of methoxy groups -OCH3 is 1. The maximum Gasteiger partial charge on any atom is 0.294 e. The summed E-state index contributed by atoms with van der Waals surface area (Å²) in [6.07, 6.45) is 2.29. The maximum atomic E-state index is 13.5. The van der Waals surface area contributed by atoms with Gasteiger partial charge in [0.05, 0.1) is 38.2 Å². The number of hydrogen-bond donors (Lipinski definition) is 1. The average molecular weight is 537 g/mol. The van der Waals surface area contributed by atoms with Crippen molar-refractivity contribution < 1.29 is 42.9 Å². The van der Waals surface area contributed by atoms with Crippen LogP contribution < -0.4 is 14.8 Å². The monoisotopic (exact) mass is 536 g/mol. The van der Waals surface area contributed by atoms with E-state index in [9.17, 15) is 27.6 Å². The van der Waals surface area contributed by atoms with Crippen molar-refractivity contribution in [1.82, 2.24) is 20.1 Å². The lowest BCUT2D eigenvalue weighted by Gasteiger charge is -2.40. The Hall–Kier alpha value is -4.29. The quantitative estimate of drug-likeness (QED) is 0.482. The Morgan fingerprint density at radius 3 is 2.79 bits per heavy atom. The molecule has 2 aliphatic heterocycles. The van der Waals surface area contributed by atoms with Crippen molar-refractivity contribution in [2.45, 2.75) is 25.4 Å². The molecular weight excluding hydrogens is 509 g/mol. The van der Waals surface area contributed by atoms with Crippen LogP contribution in [0, 0.1) is 5.82 Å². The van der Waals surface area contributed by atoms with Crippen molar-refractivity contribution in [3.05, 3.63) is 53.8 Å². The Morgan fingerprint density at radius 1 is 1.34 bits per heavy atom. The Kier molecular flexibility index (Phi) is 7.74. The minimum absolute atomic E-state index is 0. The molecule has 0 bridgehead atoms. The fourth-order valence-electron chi connectivity index (χ4n) is 4.00.